The number of hydrogen-bond acceptors (Lipinski definition) is 6. The van der Waals surface area contributed by atoms with Crippen LogP contribution < -0.4 is 4.90 Å². The van der Waals surface area contributed by atoms with Crippen LogP contribution in [-0.4, -0.2) is 27.4 Å². The molecule has 7 nitrogen and oxygen atoms in total. The Morgan fingerprint density at radius 1 is 1.72 bits per heavy atom. The second-order valence-corrected chi connectivity index (χ2v) is 4.43. The minimum Gasteiger partial charge on any atom is -0.358 e. The van der Waals surface area contributed by atoms with Crippen LogP contribution in [0.5, 0.6) is 0 Å². The Bertz CT molecular complexity index is 611. The van der Waals surface area contributed by atoms with Crippen molar-refractivity contribution in [1.29, 1.82) is 5.26 Å². The average molecular weight is 265 g/mol. The molecule has 18 heavy (non-hydrogen) atoms. The van der Waals surface area contributed by atoms with Crippen molar-refractivity contribution in [2.24, 2.45) is 0 Å². The summed E-state index contributed by atoms with van der Waals surface area (Å²) in [7, 11) is 0. The van der Waals surface area contributed by atoms with Crippen LogP contribution in [0.4, 0.5) is 11.6 Å². The molecule has 0 N–H and O–H groups in total. The van der Waals surface area contributed by atoms with E-state index >= 15 is 0 Å². The number of nitro groups is 1. The first kappa shape index (κ1) is 12.3. The molecule has 0 unspecified atom stereocenters. The topological polar surface area (TPSA) is 87.5 Å². The maximum absolute atomic E-state index is 11.1. The molecule has 2 heterocycles. The zero-order valence-corrected chi connectivity index (χ0v) is 10.6. The number of nitriles is 1. The number of imidazole rings is 1. The lowest BCUT2D eigenvalue weighted by atomic mass is 10.4. The lowest BCUT2D eigenvalue weighted by Gasteiger charge is -2.17. The number of thiazole rings is 1. The van der Waals surface area contributed by atoms with Crippen molar-refractivity contribution in [2.75, 3.05) is 18.0 Å². The van der Waals surface area contributed by atoms with Gasteiger partial charge in [0.1, 0.15) is 6.20 Å². The average Bonchev–Trinajstić information content (AvgIpc) is 2.89. The summed E-state index contributed by atoms with van der Waals surface area (Å²) in [6.45, 7) is 2.90. The Balaban J connectivity index is 2.48. The van der Waals surface area contributed by atoms with Gasteiger partial charge < -0.3 is 15.0 Å². The third kappa shape index (κ3) is 2.00. The first-order valence-electron chi connectivity index (χ1n) is 5.40. The second-order valence-electron chi connectivity index (χ2n) is 3.56. The molecule has 0 bridgehead atoms. The van der Waals surface area contributed by atoms with Crippen LogP contribution in [0.3, 0.4) is 0 Å². The molecule has 2 rings (SSSR count). The number of hydrogen-bond donors (Lipinski definition) is 0. The smallest absolute Gasteiger partial charge is 0.358 e. The standard InChI is InChI=1S/C10H11N5O2S/c1-2-13(5-3-4-11)8-9(15(16)17)14-6-7-18-10(14)12-8/h6-7H,2-3,5H2,1H3. The summed E-state index contributed by atoms with van der Waals surface area (Å²) in [6, 6.07) is 2.04. The van der Waals surface area contributed by atoms with Crippen molar-refractivity contribution in [2.45, 2.75) is 13.3 Å². The van der Waals surface area contributed by atoms with Crippen LogP contribution in [0.1, 0.15) is 13.3 Å². The molecule has 0 atom stereocenters. The quantitative estimate of drug-likeness (QED) is 0.609. The molecule has 0 amide bonds. The number of rotatable bonds is 5. The fraction of sp³-hybridized carbons (Fsp3) is 0.400. The Hall–Kier alpha value is -2.14. The van der Waals surface area contributed by atoms with Crippen molar-refractivity contribution in [3.05, 3.63) is 21.7 Å². The number of nitrogens with zero attached hydrogens (tertiary/aromatic N) is 5. The summed E-state index contributed by atoms with van der Waals surface area (Å²) in [5.74, 6) is 0.302. The molecule has 0 saturated heterocycles. The monoisotopic (exact) mass is 265 g/mol. The second kappa shape index (κ2) is 5.01. The molecule has 0 spiro atoms. The third-order valence-electron chi connectivity index (χ3n) is 2.57. The lowest BCUT2D eigenvalue weighted by molar-refractivity contribution is -0.389. The molecule has 0 aromatic carbocycles. The zero-order valence-electron chi connectivity index (χ0n) is 9.74. The Kier molecular flexibility index (Phi) is 3.43. The minimum atomic E-state index is -0.433. The number of anilines is 1. The highest BCUT2D eigenvalue weighted by molar-refractivity contribution is 7.15. The molecule has 0 saturated carbocycles. The summed E-state index contributed by atoms with van der Waals surface area (Å²) in [5, 5.41) is 21.5. The maximum Gasteiger partial charge on any atom is 0.373 e. The third-order valence-corrected chi connectivity index (χ3v) is 3.32. The van der Waals surface area contributed by atoms with E-state index < -0.39 is 4.92 Å². The molecule has 0 aliphatic heterocycles. The zero-order chi connectivity index (χ0) is 13.1. The molecule has 94 valence electrons. The summed E-state index contributed by atoms with van der Waals surface area (Å²) in [5.41, 5.74) is 0. The number of aromatic nitrogens is 2. The van der Waals surface area contributed by atoms with E-state index in [9.17, 15) is 10.1 Å². The molecular weight excluding hydrogens is 254 g/mol. The SMILES string of the molecule is CCN(CCC#N)c1nc2sccn2c1[N+](=O)[O-]. The van der Waals surface area contributed by atoms with Gasteiger partial charge in [-0.3, -0.25) is 0 Å². The van der Waals surface area contributed by atoms with Crippen LogP contribution in [0, 0.1) is 21.4 Å². The molecular formula is C10H11N5O2S. The van der Waals surface area contributed by atoms with Gasteiger partial charge in [-0.05, 0) is 11.8 Å². The minimum absolute atomic E-state index is 0.0361. The van der Waals surface area contributed by atoms with Gasteiger partial charge in [-0.1, -0.05) is 11.3 Å². The molecule has 2 aromatic heterocycles. The molecule has 8 heteroatoms. The summed E-state index contributed by atoms with van der Waals surface area (Å²) in [6.07, 6.45) is 1.95. The highest BCUT2D eigenvalue weighted by Crippen LogP contribution is 2.30. The first-order valence-corrected chi connectivity index (χ1v) is 6.28. The van der Waals surface area contributed by atoms with Gasteiger partial charge in [-0.25, -0.2) is 0 Å². The summed E-state index contributed by atoms with van der Waals surface area (Å²) >= 11 is 1.35. The first-order chi connectivity index (χ1) is 8.69. The van der Waals surface area contributed by atoms with Crippen LogP contribution in [0.15, 0.2) is 11.6 Å². The predicted octanol–water partition coefficient (Wildman–Crippen LogP) is 2.04. The summed E-state index contributed by atoms with van der Waals surface area (Å²) < 4.78 is 1.47. The van der Waals surface area contributed by atoms with Crippen molar-refractivity contribution in [3.8, 4) is 6.07 Å². The maximum atomic E-state index is 11.1. The van der Waals surface area contributed by atoms with E-state index in [-0.39, 0.29) is 5.82 Å². The van der Waals surface area contributed by atoms with E-state index in [4.69, 9.17) is 5.26 Å². The van der Waals surface area contributed by atoms with E-state index in [1.165, 1.54) is 15.7 Å². The molecule has 0 aliphatic carbocycles. The lowest BCUT2D eigenvalue weighted by Crippen LogP contribution is -2.24. The summed E-state index contributed by atoms with van der Waals surface area (Å²) in [4.78, 5) is 17.3. The fourth-order valence-electron chi connectivity index (χ4n) is 1.74. The molecule has 2 aromatic rings. The normalized spacial score (nSPS) is 10.4. The predicted molar refractivity (Wildman–Crippen MR) is 67.8 cm³/mol. The van der Waals surface area contributed by atoms with Gasteiger partial charge in [0.05, 0.1) is 12.5 Å². The highest BCUT2D eigenvalue weighted by Gasteiger charge is 2.26. The van der Waals surface area contributed by atoms with Gasteiger partial charge in [0.2, 0.25) is 5.82 Å². The van der Waals surface area contributed by atoms with Crippen LogP contribution in [0.25, 0.3) is 4.96 Å². The van der Waals surface area contributed by atoms with Crippen molar-refractivity contribution < 1.29 is 4.92 Å². The van der Waals surface area contributed by atoms with Crippen molar-refractivity contribution >= 4 is 27.9 Å². The van der Waals surface area contributed by atoms with E-state index in [0.717, 1.165) is 0 Å². The van der Waals surface area contributed by atoms with Gasteiger partial charge in [0.25, 0.3) is 4.96 Å². The van der Waals surface area contributed by atoms with Gasteiger partial charge in [0.15, 0.2) is 0 Å². The Labute approximate surface area is 107 Å². The fourth-order valence-corrected chi connectivity index (χ4v) is 2.45. The van der Waals surface area contributed by atoms with Crippen molar-refractivity contribution in [3.63, 3.8) is 0 Å². The van der Waals surface area contributed by atoms with E-state index in [2.05, 4.69) is 4.98 Å². The van der Waals surface area contributed by atoms with Gasteiger partial charge in [0, 0.05) is 18.5 Å². The van der Waals surface area contributed by atoms with Gasteiger partial charge in [-0.15, -0.1) is 0 Å². The molecule has 0 aliphatic rings. The van der Waals surface area contributed by atoms with Gasteiger partial charge in [-0.2, -0.15) is 14.6 Å². The van der Waals surface area contributed by atoms with E-state index in [1.807, 2.05) is 13.0 Å². The van der Waals surface area contributed by atoms with Gasteiger partial charge >= 0.3 is 5.82 Å². The van der Waals surface area contributed by atoms with Crippen LogP contribution in [-0.2, 0) is 0 Å². The molecule has 0 fully saturated rings. The largest absolute Gasteiger partial charge is 0.373 e. The Morgan fingerprint density at radius 3 is 3.11 bits per heavy atom. The van der Waals surface area contributed by atoms with E-state index in [0.29, 0.717) is 30.3 Å². The highest BCUT2D eigenvalue weighted by atomic mass is 32.1. The van der Waals surface area contributed by atoms with Crippen LogP contribution in [0.2, 0.25) is 0 Å². The number of fused-ring (bicyclic) bond motifs is 1. The van der Waals surface area contributed by atoms with E-state index in [1.54, 1.807) is 16.5 Å². The van der Waals surface area contributed by atoms with Crippen LogP contribution >= 0.6 is 11.3 Å². The Morgan fingerprint density at radius 2 is 2.50 bits per heavy atom. The molecule has 0 radical (unpaired) electrons. The van der Waals surface area contributed by atoms with Crippen molar-refractivity contribution in [1.82, 2.24) is 9.38 Å².